The zero-order chi connectivity index (χ0) is 19.9. The molecule has 2 aromatic carbocycles. The minimum Gasteiger partial charge on any atom is -0.494 e. The van der Waals surface area contributed by atoms with E-state index in [4.69, 9.17) is 14.2 Å². The van der Waals surface area contributed by atoms with Crippen molar-refractivity contribution in [3.8, 4) is 11.5 Å². The van der Waals surface area contributed by atoms with Crippen molar-refractivity contribution >= 4 is 0 Å². The Balaban J connectivity index is 1.94. The van der Waals surface area contributed by atoms with Crippen LogP contribution in [0.25, 0.3) is 0 Å². The van der Waals surface area contributed by atoms with Crippen LogP contribution in [-0.2, 0) is 15.6 Å². The molecule has 0 radical (unpaired) electrons. The maximum atomic E-state index is 6.17. The van der Waals surface area contributed by atoms with Gasteiger partial charge in [-0.05, 0) is 49.2 Å². The fourth-order valence-electron chi connectivity index (χ4n) is 3.07. The lowest BCUT2D eigenvalue weighted by molar-refractivity contribution is 0.0633. The number of hydrogen-bond donors (Lipinski definition) is 0. The van der Waals surface area contributed by atoms with Gasteiger partial charge >= 0.3 is 0 Å². The smallest absolute Gasteiger partial charge is 0.119 e. The van der Waals surface area contributed by atoms with Crippen molar-refractivity contribution in [2.45, 2.75) is 52.4 Å². The minimum atomic E-state index is -0.0559. The van der Waals surface area contributed by atoms with E-state index in [0.29, 0.717) is 26.4 Å². The van der Waals surface area contributed by atoms with E-state index in [0.717, 1.165) is 11.5 Å². The van der Waals surface area contributed by atoms with Crippen LogP contribution >= 0.6 is 0 Å². The molecule has 0 aromatic heterocycles. The summed E-state index contributed by atoms with van der Waals surface area (Å²) in [6.07, 6.45) is 0. The van der Waals surface area contributed by atoms with Crippen molar-refractivity contribution in [2.24, 2.45) is 0 Å². The quantitative estimate of drug-likeness (QED) is 0.532. The van der Waals surface area contributed by atoms with E-state index in [2.05, 4.69) is 52.0 Å². The number of ether oxygens (including phenoxy) is 3. The first-order chi connectivity index (χ1) is 12.8. The Hall–Kier alpha value is -2.00. The Kier molecular flexibility index (Phi) is 7.32. The van der Waals surface area contributed by atoms with Crippen molar-refractivity contribution in [2.75, 3.05) is 26.4 Å². The van der Waals surface area contributed by atoms with Crippen LogP contribution in [0.3, 0.4) is 0 Å². The molecule has 0 spiro atoms. The van der Waals surface area contributed by atoms with Crippen LogP contribution in [0, 0.1) is 0 Å². The van der Waals surface area contributed by atoms with Crippen LogP contribution in [-0.4, -0.2) is 26.4 Å². The van der Waals surface area contributed by atoms with Crippen molar-refractivity contribution in [3.63, 3.8) is 0 Å². The molecular weight excluding hydrogens is 336 g/mol. The lowest BCUT2D eigenvalue weighted by Crippen LogP contribution is -2.30. The van der Waals surface area contributed by atoms with E-state index in [-0.39, 0.29) is 10.8 Å². The average Bonchev–Trinajstić information content (AvgIpc) is 2.63. The molecule has 0 N–H and O–H groups in total. The molecule has 27 heavy (non-hydrogen) atoms. The largest absolute Gasteiger partial charge is 0.494 e. The third-order valence-electron chi connectivity index (χ3n) is 4.82. The topological polar surface area (TPSA) is 27.7 Å². The second-order valence-electron chi connectivity index (χ2n) is 8.18. The van der Waals surface area contributed by atoms with Crippen molar-refractivity contribution in [1.29, 1.82) is 0 Å². The van der Waals surface area contributed by atoms with Gasteiger partial charge in [-0.15, -0.1) is 0 Å². The summed E-state index contributed by atoms with van der Waals surface area (Å²) in [6, 6.07) is 16.7. The van der Waals surface area contributed by atoms with Crippen LogP contribution in [0.1, 0.15) is 52.7 Å². The van der Waals surface area contributed by atoms with Crippen molar-refractivity contribution in [3.05, 3.63) is 59.7 Å². The molecule has 0 heterocycles. The molecule has 0 aliphatic heterocycles. The van der Waals surface area contributed by atoms with Crippen LogP contribution in [0.15, 0.2) is 48.5 Å². The lowest BCUT2D eigenvalue weighted by Gasteiger charge is -2.30. The minimum absolute atomic E-state index is 0.0559. The fourth-order valence-corrected chi connectivity index (χ4v) is 3.07. The van der Waals surface area contributed by atoms with Gasteiger partial charge in [0.1, 0.15) is 11.5 Å². The standard InChI is InChI=1S/C24H34O3/c1-7-26-21-13-9-19(10-14-21)23(3,4)17-25-18-24(5,6)20-11-15-22(16-12-20)27-8-2/h9-16H,7-8,17-18H2,1-6H3. The first-order valence-electron chi connectivity index (χ1n) is 9.83. The summed E-state index contributed by atoms with van der Waals surface area (Å²) in [7, 11) is 0. The normalized spacial score (nSPS) is 12.1. The molecule has 2 aromatic rings. The number of benzene rings is 2. The fraction of sp³-hybridized carbons (Fsp3) is 0.500. The summed E-state index contributed by atoms with van der Waals surface area (Å²) in [5.41, 5.74) is 2.40. The Bertz CT molecular complexity index is 623. The first kappa shape index (κ1) is 21.3. The van der Waals surface area contributed by atoms with Gasteiger partial charge < -0.3 is 14.2 Å². The van der Waals surface area contributed by atoms with Gasteiger partial charge in [-0.2, -0.15) is 0 Å². The van der Waals surface area contributed by atoms with Crippen LogP contribution in [0.5, 0.6) is 11.5 Å². The molecular formula is C24H34O3. The monoisotopic (exact) mass is 370 g/mol. The summed E-state index contributed by atoms with van der Waals surface area (Å²) in [4.78, 5) is 0. The predicted octanol–water partition coefficient (Wildman–Crippen LogP) is 5.76. The maximum absolute atomic E-state index is 6.17. The lowest BCUT2D eigenvalue weighted by atomic mass is 9.84. The zero-order valence-corrected chi connectivity index (χ0v) is 17.7. The van der Waals surface area contributed by atoms with E-state index in [1.165, 1.54) is 11.1 Å². The Labute approximate surface area is 164 Å². The van der Waals surface area contributed by atoms with Gasteiger partial charge in [0.25, 0.3) is 0 Å². The summed E-state index contributed by atoms with van der Waals surface area (Å²) in [5, 5.41) is 0. The van der Waals surface area contributed by atoms with Crippen molar-refractivity contribution < 1.29 is 14.2 Å². The summed E-state index contributed by atoms with van der Waals surface area (Å²) < 4.78 is 17.2. The molecule has 2 rings (SSSR count). The van der Waals surface area contributed by atoms with Crippen LogP contribution < -0.4 is 9.47 Å². The molecule has 148 valence electrons. The molecule has 0 saturated carbocycles. The average molecular weight is 371 g/mol. The second-order valence-corrected chi connectivity index (χ2v) is 8.18. The molecule has 0 fully saturated rings. The molecule has 0 saturated heterocycles. The highest BCUT2D eigenvalue weighted by Gasteiger charge is 2.25. The highest BCUT2D eigenvalue weighted by atomic mass is 16.5. The van der Waals surface area contributed by atoms with E-state index in [9.17, 15) is 0 Å². The summed E-state index contributed by atoms with van der Waals surface area (Å²) in [5.74, 6) is 1.82. The third-order valence-corrected chi connectivity index (χ3v) is 4.82. The molecule has 0 amide bonds. The summed E-state index contributed by atoms with van der Waals surface area (Å²) >= 11 is 0. The Morgan fingerprint density at radius 1 is 0.593 bits per heavy atom. The highest BCUT2D eigenvalue weighted by molar-refractivity contribution is 5.33. The van der Waals surface area contributed by atoms with Gasteiger partial charge in [0.05, 0.1) is 26.4 Å². The van der Waals surface area contributed by atoms with E-state index in [1.54, 1.807) is 0 Å². The van der Waals surface area contributed by atoms with Gasteiger partial charge in [-0.3, -0.25) is 0 Å². The van der Waals surface area contributed by atoms with Gasteiger partial charge in [0.15, 0.2) is 0 Å². The molecule has 0 bridgehead atoms. The van der Waals surface area contributed by atoms with Crippen LogP contribution in [0.2, 0.25) is 0 Å². The maximum Gasteiger partial charge on any atom is 0.119 e. The Morgan fingerprint density at radius 2 is 0.926 bits per heavy atom. The predicted molar refractivity (Wildman–Crippen MR) is 112 cm³/mol. The Morgan fingerprint density at radius 3 is 1.22 bits per heavy atom. The van der Waals surface area contributed by atoms with Gasteiger partial charge in [0, 0.05) is 10.8 Å². The van der Waals surface area contributed by atoms with Gasteiger partial charge in [-0.25, -0.2) is 0 Å². The summed E-state index contributed by atoms with van der Waals surface area (Å²) in [6.45, 7) is 15.6. The SMILES string of the molecule is CCOc1ccc(C(C)(C)COCC(C)(C)c2ccc(OCC)cc2)cc1. The first-order valence-corrected chi connectivity index (χ1v) is 9.83. The molecule has 3 heteroatoms. The number of hydrogen-bond acceptors (Lipinski definition) is 3. The number of rotatable bonds is 10. The second kappa shape index (κ2) is 9.27. The van der Waals surface area contributed by atoms with Crippen molar-refractivity contribution in [1.82, 2.24) is 0 Å². The molecule has 0 atom stereocenters. The van der Waals surface area contributed by atoms with E-state index in [1.807, 2.05) is 38.1 Å². The molecule has 3 nitrogen and oxygen atoms in total. The van der Waals surface area contributed by atoms with E-state index >= 15 is 0 Å². The van der Waals surface area contributed by atoms with Gasteiger partial charge in [-0.1, -0.05) is 52.0 Å². The highest BCUT2D eigenvalue weighted by Crippen LogP contribution is 2.29. The zero-order valence-electron chi connectivity index (χ0n) is 17.7. The van der Waals surface area contributed by atoms with Crippen LogP contribution in [0.4, 0.5) is 0 Å². The molecule has 0 aliphatic carbocycles. The molecule has 0 aliphatic rings. The third kappa shape index (κ3) is 6.00. The van der Waals surface area contributed by atoms with E-state index < -0.39 is 0 Å². The van der Waals surface area contributed by atoms with Gasteiger partial charge in [0.2, 0.25) is 0 Å². The molecule has 0 unspecified atom stereocenters.